The van der Waals surface area contributed by atoms with Crippen LogP contribution in [0, 0.1) is 0 Å². The van der Waals surface area contributed by atoms with Crippen LogP contribution in [-0.4, -0.2) is 16.7 Å². The molecule has 0 unspecified atom stereocenters. The molecule has 1 aromatic heterocycles. The van der Waals surface area contributed by atoms with Crippen LogP contribution in [0.2, 0.25) is 0 Å². The minimum absolute atomic E-state index is 0.717. The Kier molecular flexibility index (Phi) is 4.34. The van der Waals surface area contributed by atoms with Crippen molar-refractivity contribution in [3.8, 4) is 0 Å². The van der Waals surface area contributed by atoms with E-state index in [1.54, 1.807) is 6.20 Å². The standard InChI is InChI=1S/C8H10ClN3/c9-4-2-5-10-7-8-3-1-6-11-12-8/h1-4,6,10H,5,7H2/b4-2+. The molecule has 1 rings (SSSR count). The Morgan fingerprint density at radius 3 is 3.17 bits per heavy atom. The summed E-state index contributed by atoms with van der Waals surface area (Å²) in [5.41, 5.74) is 2.42. The van der Waals surface area contributed by atoms with Gasteiger partial charge >= 0.3 is 0 Å². The first-order valence-corrected chi connectivity index (χ1v) is 4.09. The van der Waals surface area contributed by atoms with Crippen molar-refractivity contribution in [2.24, 2.45) is 0 Å². The van der Waals surface area contributed by atoms with Crippen LogP contribution in [-0.2, 0) is 6.54 Å². The van der Waals surface area contributed by atoms with Gasteiger partial charge in [0.25, 0.3) is 0 Å². The van der Waals surface area contributed by atoms with Crippen molar-refractivity contribution >= 4 is 11.6 Å². The first kappa shape index (κ1) is 9.16. The predicted molar refractivity (Wildman–Crippen MR) is 48.7 cm³/mol. The van der Waals surface area contributed by atoms with E-state index in [-0.39, 0.29) is 0 Å². The number of aromatic nitrogens is 2. The monoisotopic (exact) mass is 183 g/mol. The number of halogens is 1. The van der Waals surface area contributed by atoms with Gasteiger partial charge in [0, 0.05) is 24.8 Å². The van der Waals surface area contributed by atoms with E-state index < -0.39 is 0 Å². The van der Waals surface area contributed by atoms with Crippen LogP contribution in [0.4, 0.5) is 0 Å². The lowest BCUT2D eigenvalue weighted by molar-refractivity contribution is 0.725. The zero-order chi connectivity index (χ0) is 8.65. The second-order valence-corrected chi connectivity index (χ2v) is 2.46. The third-order valence-corrected chi connectivity index (χ3v) is 1.46. The van der Waals surface area contributed by atoms with Gasteiger partial charge in [-0.15, -0.1) is 0 Å². The highest BCUT2D eigenvalue weighted by atomic mass is 35.5. The number of rotatable bonds is 4. The second-order valence-electron chi connectivity index (χ2n) is 2.21. The lowest BCUT2D eigenvalue weighted by Gasteiger charge is -1.98. The van der Waals surface area contributed by atoms with Gasteiger partial charge in [-0.2, -0.15) is 10.2 Å². The van der Waals surface area contributed by atoms with Crippen LogP contribution in [0.1, 0.15) is 5.69 Å². The highest BCUT2D eigenvalue weighted by Gasteiger charge is 1.89. The zero-order valence-electron chi connectivity index (χ0n) is 6.57. The maximum atomic E-state index is 5.33. The van der Waals surface area contributed by atoms with Crippen molar-refractivity contribution in [2.75, 3.05) is 6.54 Å². The van der Waals surface area contributed by atoms with Gasteiger partial charge in [0.15, 0.2) is 0 Å². The highest BCUT2D eigenvalue weighted by Crippen LogP contribution is 1.88. The van der Waals surface area contributed by atoms with Crippen LogP contribution < -0.4 is 5.32 Å². The van der Waals surface area contributed by atoms with Crippen LogP contribution in [0.5, 0.6) is 0 Å². The lowest BCUT2D eigenvalue weighted by atomic mass is 10.4. The van der Waals surface area contributed by atoms with Crippen molar-refractivity contribution in [3.63, 3.8) is 0 Å². The molecule has 0 aliphatic carbocycles. The van der Waals surface area contributed by atoms with Crippen molar-refractivity contribution < 1.29 is 0 Å². The van der Waals surface area contributed by atoms with Gasteiger partial charge in [0.2, 0.25) is 0 Å². The first-order valence-electron chi connectivity index (χ1n) is 3.66. The van der Waals surface area contributed by atoms with E-state index in [0.717, 1.165) is 18.8 Å². The second kappa shape index (κ2) is 5.69. The summed E-state index contributed by atoms with van der Waals surface area (Å²) in [6, 6.07) is 3.78. The van der Waals surface area contributed by atoms with Crippen molar-refractivity contribution in [2.45, 2.75) is 6.54 Å². The van der Waals surface area contributed by atoms with Gasteiger partial charge in [-0.1, -0.05) is 17.7 Å². The molecule has 0 bridgehead atoms. The average Bonchev–Trinajstić information content (AvgIpc) is 2.14. The summed E-state index contributed by atoms with van der Waals surface area (Å²) in [5.74, 6) is 0. The van der Waals surface area contributed by atoms with Crippen LogP contribution in [0.15, 0.2) is 29.9 Å². The van der Waals surface area contributed by atoms with Gasteiger partial charge < -0.3 is 5.32 Å². The van der Waals surface area contributed by atoms with E-state index in [1.807, 2.05) is 18.2 Å². The molecule has 0 fully saturated rings. The summed E-state index contributed by atoms with van der Waals surface area (Å²) >= 11 is 5.33. The van der Waals surface area contributed by atoms with E-state index in [0.29, 0.717) is 0 Å². The van der Waals surface area contributed by atoms with Crippen molar-refractivity contribution in [3.05, 3.63) is 35.6 Å². The zero-order valence-corrected chi connectivity index (χ0v) is 7.33. The number of nitrogens with one attached hydrogen (secondary N) is 1. The Labute approximate surface area is 76.5 Å². The largest absolute Gasteiger partial charge is 0.308 e. The SMILES string of the molecule is Cl/C=C/CNCc1cccnn1. The van der Waals surface area contributed by atoms with E-state index in [9.17, 15) is 0 Å². The van der Waals surface area contributed by atoms with Crippen LogP contribution in [0.3, 0.4) is 0 Å². The fourth-order valence-electron chi connectivity index (χ4n) is 0.756. The lowest BCUT2D eigenvalue weighted by Crippen LogP contribution is -2.13. The van der Waals surface area contributed by atoms with Gasteiger partial charge in [-0.05, 0) is 12.1 Å². The third-order valence-electron chi connectivity index (χ3n) is 1.28. The predicted octanol–water partition coefficient (Wildman–Crippen LogP) is 1.32. The smallest absolute Gasteiger partial charge is 0.0769 e. The maximum absolute atomic E-state index is 5.33. The van der Waals surface area contributed by atoms with E-state index in [2.05, 4.69) is 15.5 Å². The van der Waals surface area contributed by atoms with Crippen LogP contribution >= 0.6 is 11.6 Å². The number of hydrogen-bond acceptors (Lipinski definition) is 3. The summed E-state index contributed by atoms with van der Waals surface area (Å²) in [7, 11) is 0. The molecule has 0 aliphatic rings. The van der Waals surface area contributed by atoms with E-state index in [4.69, 9.17) is 11.6 Å². The third kappa shape index (κ3) is 3.46. The molecule has 0 saturated carbocycles. The van der Waals surface area contributed by atoms with E-state index >= 15 is 0 Å². The fourth-order valence-corrected chi connectivity index (χ4v) is 0.845. The molecule has 0 amide bonds. The quantitative estimate of drug-likeness (QED) is 0.716. The minimum atomic E-state index is 0.717. The Bertz CT molecular complexity index is 235. The first-order chi connectivity index (χ1) is 5.93. The summed E-state index contributed by atoms with van der Waals surface area (Å²) in [6.45, 7) is 1.47. The molecule has 0 saturated heterocycles. The molecular weight excluding hydrogens is 174 g/mol. The Balaban J connectivity index is 2.24. The molecule has 4 heteroatoms. The molecule has 0 atom stereocenters. The van der Waals surface area contributed by atoms with Gasteiger partial charge in [-0.3, -0.25) is 0 Å². The minimum Gasteiger partial charge on any atom is -0.308 e. The molecule has 0 radical (unpaired) electrons. The summed E-state index contributed by atoms with van der Waals surface area (Å²) in [6.07, 6.45) is 3.49. The molecule has 0 aliphatic heterocycles. The normalized spacial score (nSPS) is 10.8. The van der Waals surface area contributed by atoms with Gasteiger partial charge in [0.05, 0.1) is 5.69 Å². The van der Waals surface area contributed by atoms with Gasteiger partial charge in [0.1, 0.15) is 0 Å². The molecule has 1 aromatic rings. The average molecular weight is 184 g/mol. The molecule has 3 nitrogen and oxygen atoms in total. The summed E-state index contributed by atoms with van der Waals surface area (Å²) < 4.78 is 0. The maximum Gasteiger partial charge on any atom is 0.0769 e. The highest BCUT2D eigenvalue weighted by molar-refractivity contribution is 6.25. The topological polar surface area (TPSA) is 37.8 Å². The number of nitrogens with zero attached hydrogens (tertiary/aromatic N) is 2. The number of hydrogen-bond donors (Lipinski definition) is 1. The molecule has 1 heterocycles. The molecule has 0 aromatic carbocycles. The molecule has 64 valence electrons. The van der Waals surface area contributed by atoms with Crippen molar-refractivity contribution in [1.82, 2.24) is 15.5 Å². The Morgan fingerprint density at radius 2 is 2.50 bits per heavy atom. The summed E-state index contributed by atoms with van der Waals surface area (Å²) in [4.78, 5) is 0. The Morgan fingerprint density at radius 1 is 1.58 bits per heavy atom. The van der Waals surface area contributed by atoms with E-state index in [1.165, 1.54) is 5.54 Å². The van der Waals surface area contributed by atoms with Crippen LogP contribution in [0.25, 0.3) is 0 Å². The Hall–Kier alpha value is -0.930. The molecule has 0 spiro atoms. The summed E-state index contributed by atoms with van der Waals surface area (Å²) in [5, 5.41) is 10.8. The molecular formula is C8H10ClN3. The van der Waals surface area contributed by atoms with Gasteiger partial charge in [-0.25, -0.2) is 0 Å². The van der Waals surface area contributed by atoms with Crippen molar-refractivity contribution in [1.29, 1.82) is 0 Å². The fraction of sp³-hybridized carbons (Fsp3) is 0.250. The molecule has 1 N–H and O–H groups in total. The molecule has 12 heavy (non-hydrogen) atoms.